The van der Waals surface area contributed by atoms with E-state index in [0.717, 1.165) is 64.1 Å². The molecule has 2 aromatic carbocycles. The van der Waals surface area contributed by atoms with Crippen molar-refractivity contribution in [3.8, 4) is 6.07 Å². The molecule has 0 aliphatic carbocycles. The number of hydrogen-bond donors (Lipinski definition) is 1. The number of nitrogens with zero attached hydrogens (tertiary/aromatic N) is 8. The minimum Gasteiger partial charge on any atom is -0.351 e. The molecule has 232 valence electrons. The second-order valence-electron chi connectivity index (χ2n) is 11.6. The van der Waals surface area contributed by atoms with Gasteiger partial charge in [-0.2, -0.15) is 5.26 Å². The molecule has 0 amide bonds. The third-order valence-corrected chi connectivity index (χ3v) is 9.68. The highest BCUT2D eigenvalue weighted by Crippen LogP contribution is 2.31. The van der Waals surface area contributed by atoms with E-state index in [-0.39, 0.29) is 17.4 Å². The maximum atomic E-state index is 12.9. The Kier molecular flexibility index (Phi) is 9.32. The van der Waals surface area contributed by atoms with E-state index in [0.29, 0.717) is 56.1 Å². The summed E-state index contributed by atoms with van der Waals surface area (Å²) in [5.41, 5.74) is 3.03. The zero-order valence-electron chi connectivity index (χ0n) is 24.8. The van der Waals surface area contributed by atoms with Crippen molar-refractivity contribution in [2.45, 2.75) is 51.4 Å². The number of piperidine rings is 1. The van der Waals surface area contributed by atoms with E-state index in [9.17, 15) is 10.1 Å². The van der Waals surface area contributed by atoms with Crippen LogP contribution in [0, 0.1) is 17.9 Å². The molecule has 4 aromatic rings. The third-order valence-electron chi connectivity index (χ3n) is 8.95. The molecule has 2 fully saturated rings. The molecule has 13 heteroatoms. The normalized spacial score (nSPS) is 18.3. The molecule has 1 atom stereocenters. The first-order valence-corrected chi connectivity index (χ1v) is 16.1. The lowest BCUT2D eigenvalue weighted by Gasteiger charge is -2.47. The predicted octanol–water partition coefficient (Wildman–Crippen LogP) is 6.12. The number of halogens is 3. The first-order chi connectivity index (χ1) is 21.8. The molecule has 0 unspecified atom stereocenters. The lowest BCUT2D eigenvalue weighted by molar-refractivity contribution is 0.0610. The maximum Gasteiger partial charge on any atom is 0.329 e. The van der Waals surface area contributed by atoms with Crippen LogP contribution in [0.15, 0.2) is 41.2 Å². The number of likely N-dealkylation sites (tertiary alicyclic amines) is 1. The Morgan fingerprint density at radius 1 is 1.02 bits per heavy atom. The van der Waals surface area contributed by atoms with Crippen LogP contribution in [0.3, 0.4) is 0 Å². The van der Waals surface area contributed by atoms with E-state index in [1.54, 1.807) is 24.3 Å². The average Bonchev–Trinajstić information content (AvgIpc) is 3.35. The third kappa shape index (κ3) is 6.53. The van der Waals surface area contributed by atoms with E-state index < -0.39 is 0 Å². The molecule has 1 N–H and O–H groups in total. The molecule has 2 saturated heterocycles. The smallest absolute Gasteiger partial charge is 0.329 e. The fourth-order valence-electron chi connectivity index (χ4n) is 6.57. The first-order valence-electron chi connectivity index (χ1n) is 15.0. The minimum atomic E-state index is -0.369. The van der Waals surface area contributed by atoms with Crippen molar-refractivity contribution in [2.75, 3.05) is 37.6 Å². The number of hydrogen-bond acceptors (Lipinski definition) is 7. The Bertz CT molecular complexity index is 1870. The predicted molar refractivity (Wildman–Crippen MR) is 177 cm³/mol. The summed E-state index contributed by atoms with van der Waals surface area (Å²) < 4.78 is 1.45. The summed E-state index contributed by atoms with van der Waals surface area (Å²) in [5, 5.41) is 10.8. The summed E-state index contributed by atoms with van der Waals surface area (Å²) in [5.74, 6) is 0.565. The number of aromatic nitrogens is 4. The van der Waals surface area contributed by atoms with Gasteiger partial charge in [0, 0.05) is 54.9 Å². The second kappa shape index (κ2) is 13.4. The molecule has 0 bridgehead atoms. The lowest BCUT2D eigenvalue weighted by Crippen LogP contribution is -2.58. The SMILES string of the molecule is [C-]#[N+]c1cc(Cl)ccc1Cn1c(=O)[nH]c2nc(N3CCN(C4CCN(Cc5ccc(Cl)cc5C#N)CC4)[C@@H](CC)C3)c(Cl)nc21. The van der Waals surface area contributed by atoms with E-state index in [4.69, 9.17) is 46.4 Å². The number of H-pyrrole nitrogens is 1. The summed E-state index contributed by atoms with van der Waals surface area (Å²) in [6.07, 6.45) is 3.12. The molecule has 0 spiro atoms. The van der Waals surface area contributed by atoms with Crippen molar-refractivity contribution in [3.63, 3.8) is 0 Å². The summed E-state index contributed by atoms with van der Waals surface area (Å²) in [4.78, 5) is 35.9. The van der Waals surface area contributed by atoms with Crippen molar-refractivity contribution in [2.24, 2.45) is 0 Å². The van der Waals surface area contributed by atoms with Gasteiger partial charge in [-0.25, -0.2) is 19.6 Å². The quantitative estimate of drug-likeness (QED) is 0.238. The maximum absolute atomic E-state index is 12.9. The van der Waals surface area contributed by atoms with Crippen molar-refractivity contribution in [1.29, 1.82) is 5.26 Å². The van der Waals surface area contributed by atoms with Crippen LogP contribution in [0.4, 0.5) is 11.5 Å². The Morgan fingerprint density at radius 2 is 1.76 bits per heavy atom. The molecular formula is C32H32Cl3N9O. The molecule has 0 radical (unpaired) electrons. The standard InChI is InChI=1S/C32H32Cl3N9O/c1-3-25-19-42(12-13-43(25)26-8-10-41(11-9-26)17-20-4-6-23(33)14-22(20)16-36)30-28(35)38-31-29(39-30)40-32(45)44(31)18-21-5-7-24(34)15-27(21)37-2/h4-7,14-15,25-26H,3,8-13,17-19H2,1H3,(H,39,40,45)/t25-/m0/s1. The van der Waals surface area contributed by atoms with Gasteiger partial charge in [0.25, 0.3) is 0 Å². The highest BCUT2D eigenvalue weighted by atomic mass is 35.5. The van der Waals surface area contributed by atoms with E-state index in [1.165, 1.54) is 4.57 Å². The van der Waals surface area contributed by atoms with Gasteiger partial charge in [-0.1, -0.05) is 53.9 Å². The molecular weight excluding hydrogens is 633 g/mol. The van der Waals surface area contributed by atoms with E-state index in [1.807, 2.05) is 12.1 Å². The van der Waals surface area contributed by atoms with Gasteiger partial charge in [-0.15, -0.1) is 0 Å². The van der Waals surface area contributed by atoms with Gasteiger partial charge in [0.15, 0.2) is 28.0 Å². The number of aromatic amines is 1. The molecule has 4 heterocycles. The number of fused-ring (bicyclic) bond motifs is 1. The van der Waals surface area contributed by atoms with Crippen LogP contribution in [0.2, 0.25) is 15.2 Å². The molecule has 2 aliphatic heterocycles. The number of imidazole rings is 1. The van der Waals surface area contributed by atoms with Gasteiger partial charge >= 0.3 is 5.69 Å². The van der Waals surface area contributed by atoms with Crippen molar-refractivity contribution < 1.29 is 0 Å². The van der Waals surface area contributed by atoms with Crippen molar-refractivity contribution >= 4 is 57.6 Å². The first kappa shape index (κ1) is 31.3. The summed E-state index contributed by atoms with van der Waals surface area (Å²) >= 11 is 18.9. The van der Waals surface area contributed by atoms with Crippen molar-refractivity contribution in [3.05, 3.63) is 90.2 Å². The number of nitriles is 1. The van der Waals surface area contributed by atoms with Crippen LogP contribution in [0.25, 0.3) is 16.1 Å². The monoisotopic (exact) mass is 663 g/mol. The molecule has 2 aliphatic rings. The number of nitrogens with one attached hydrogen (secondary N) is 1. The minimum absolute atomic E-state index is 0.145. The van der Waals surface area contributed by atoms with Gasteiger partial charge in [0.05, 0.1) is 18.2 Å². The van der Waals surface area contributed by atoms with Gasteiger partial charge in [0.2, 0.25) is 0 Å². The van der Waals surface area contributed by atoms with Crippen LogP contribution in [0.5, 0.6) is 0 Å². The van der Waals surface area contributed by atoms with Crippen molar-refractivity contribution in [1.82, 2.24) is 29.3 Å². The number of rotatable bonds is 7. The Balaban J connectivity index is 1.13. The molecule has 0 saturated carbocycles. The van der Waals surface area contributed by atoms with E-state index in [2.05, 4.69) is 42.5 Å². The second-order valence-corrected chi connectivity index (χ2v) is 12.8. The van der Waals surface area contributed by atoms with Crippen LogP contribution >= 0.6 is 34.8 Å². The Hall–Kier alpha value is -3.64. The van der Waals surface area contributed by atoms with Gasteiger partial charge < -0.3 is 4.90 Å². The largest absolute Gasteiger partial charge is 0.351 e. The number of benzene rings is 2. The Labute approximate surface area is 276 Å². The van der Waals surface area contributed by atoms with Gasteiger partial charge in [-0.3, -0.25) is 19.4 Å². The zero-order valence-corrected chi connectivity index (χ0v) is 27.1. The van der Waals surface area contributed by atoms with E-state index >= 15 is 0 Å². The number of anilines is 1. The van der Waals surface area contributed by atoms with Crippen LogP contribution in [-0.4, -0.2) is 74.1 Å². The van der Waals surface area contributed by atoms with Crippen LogP contribution in [0.1, 0.15) is 42.9 Å². The highest BCUT2D eigenvalue weighted by molar-refractivity contribution is 6.32. The summed E-state index contributed by atoms with van der Waals surface area (Å²) in [6, 6.07) is 13.7. The summed E-state index contributed by atoms with van der Waals surface area (Å²) in [7, 11) is 0. The number of piperazine rings is 1. The zero-order chi connectivity index (χ0) is 31.7. The topological polar surface area (TPSA) is 101 Å². The molecule has 45 heavy (non-hydrogen) atoms. The highest BCUT2D eigenvalue weighted by Gasteiger charge is 2.34. The summed E-state index contributed by atoms with van der Waals surface area (Å²) in [6.45, 7) is 14.9. The molecule has 10 nitrogen and oxygen atoms in total. The average molecular weight is 665 g/mol. The fourth-order valence-corrected chi connectivity index (χ4v) is 7.15. The fraction of sp³-hybridized carbons (Fsp3) is 0.406. The van der Waals surface area contributed by atoms with Crippen LogP contribution in [-0.2, 0) is 13.1 Å². The Morgan fingerprint density at radius 3 is 2.47 bits per heavy atom. The van der Waals surface area contributed by atoms with Gasteiger partial charge in [-0.05, 0) is 67.7 Å². The lowest BCUT2D eigenvalue weighted by atomic mass is 9.97. The molecule has 6 rings (SSSR count). The molecule has 2 aromatic heterocycles. The van der Waals surface area contributed by atoms with Gasteiger partial charge in [0.1, 0.15) is 0 Å². The van der Waals surface area contributed by atoms with Crippen LogP contribution < -0.4 is 10.6 Å².